The molecule has 0 atom stereocenters. The van der Waals surface area contributed by atoms with Crippen LogP contribution in [0.25, 0.3) is 0 Å². The Kier molecular flexibility index (Phi) is 6.13. The van der Waals surface area contributed by atoms with Crippen molar-refractivity contribution < 1.29 is 4.79 Å². The van der Waals surface area contributed by atoms with Crippen molar-refractivity contribution in [3.63, 3.8) is 0 Å². The Morgan fingerprint density at radius 1 is 1.28 bits per heavy atom. The molecule has 106 valence electrons. The highest BCUT2D eigenvalue weighted by Gasteiger charge is 2.26. The number of carbonyl (C=O) groups is 1. The normalized spacial score (nSPS) is 24.9. The molecule has 0 saturated heterocycles. The van der Waals surface area contributed by atoms with E-state index in [1.807, 2.05) is 13.8 Å². The molecule has 1 rings (SSSR count). The summed E-state index contributed by atoms with van der Waals surface area (Å²) in [5, 5.41) is 2.99. The molecule has 1 aliphatic rings. The molecule has 1 saturated carbocycles. The van der Waals surface area contributed by atoms with Crippen molar-refractivity contribution in [1.82, 2.24) is 5.32 Å². The van der Waals surface area contributed by atoms with E-state index in [-0.39, 0.29) is 17.4 Å². The third-order valence-electron chi connectivity index (χ3n) is 3.90. The molecular weight excluding hydrogens is 224 g/mol. The Labute approximate surface area is 112 Å². The zero-order valence-corrected chi connectivity index (χ0v) is 12.3. The summed E-state index contributed by atoms with van der Waals surface area (Å²) in [6.07, 6.45) is 8.54. The average molecular weight is 254 g/mol. The van der Waals surface area contributed by atoms with Gasteiger partial charge in [0, 0.05) is 18.0 Å². The molecule has 3 N–H and O–H groups in total. The standard InChI is InChI=1S/C15H30N2O/c1-4-5-6-12-7-9-13(10-8-12)14(18)17-11-15(2,3)16/h12-13H,4-11,16H2,1-3H3,(H,17,18). The van der Waals surface area contributed by atoms with Gasteiger partial charge in [0.1, 0.15) is 0 Å². The fourth-order valence-corrected chi connectivity index (χ4v) is 2.67. The predicted molar refractivity (Wildman–Crippen MR) is 76.2 cm³/mol. The van der Waals surface area contributed by atoms with Crippen LogP contribution in [0.5, 0.6) is 0 Å². The number of hydrogen-bond donors (Lipinski definition) is 2. The lowest BCUT2D eigenvalue weighted by Crippen LogP contribution is -2.47. The van der Waals surface area contributed by atoms with Crippen molar-refractivity contribution in [1.29, 1.82) is 0 Å². The minimum Gasteiger partial charge on any atom is -0.354 e. The monoisotopic (exact) mass is 254 g/mol. The number of amides is 1. The lowest BCUT2D eigenvalue weighted by Gasteiger charge is -2.28. The number of carbonyl (C=O) groups excluding carboxylic acids is 1. The maximum atomic E-state index is 12.0. The molecule has 1 amide bonds. The van der Waals surface area contributed by atoms with Crippen LogP contribution in [0.1, 0.15) is 65.7 Å². The van der Waals surface area contributed by atoms with Crippen molar-refractivity contribution in [3.8, 4) is 0 Å². The van der Waals surface area contributed by atoms with Crippen molar-refractivity contribution in [2.75, 3.05) is 6.54 Å². The summed E-state index contributed by atoms with van der Waals surface area (Å²) in [4.78, 5) is 12.0. The molecule has 0 aromatic carbocycles. The summed E-state index contributed by atoms with van der Waals surface area (Å²) < 4.78 is 0. The Bertz CT molecular complexity index is 250. The molecule has 1 aliphatic carbocycles. The van der Waals surface area contributed by atoms with Crippen molar-refractivity contribution in [2.24, 2.45) is 17.6 Å². The second-order valence-corrected chi connectivity index (χ2v) is 6.57. The first-order chi connectivity index (χ1) is 8.42. The van der Waals surface area contributed by atoms with E-state index in [4.69, 9.17) is 5.73 Å². The maximum absolute atomic E-state index is 12.0. The molecule has 0 spiro atoms. The first-order valence-corrected chi connectivity index (χ1v) is 7.49. The quantitative estimate of drug-likeness (QED) is 0.766. The summed E-state index contributed by atoms with van der Waals surface area (Å²) in [7, 11) is 0. The molecule has 0 unspecified atom stereocenters. The van der Waals surface area contributed by atoms with E-state index in [0.717, 1.165) is 18.8 Å². The number of hydrogen-bond acceptors (Lipinski definition) is 2. The van der Waals surface area contributed by atoms with E-state index in [2.05, 4.69) is 12.2 Å². The van der Waals surface area contributed by atoms with E-state index >= 15 is 0 Å². The van der Waals surface area contributed by atoms with E-state index in [1.54, 1.807) is 0 Å². The lowest BCUT2D eigenvalue weighted by molar-refractivity contribution is -0.126. The first kappa shape index (κ1) is 15.5. The van der Waals surface area contributed by atoms with Crippen LogP contribution in [0.15, 0.2) is 0 Å². The topological polar surface area (TPSA) is 55.1 Å². The van der Waals surface area contributed by atoms with Crippen LogP contribution in [0.2, 0.25) is 0 Å². The lowest BCUT2D eigenvalue weighted by atomic mass is 9.79. The Morgan fingerprint density at radius 3 is 2.39 bits per heavy atom. The highest BCUT2D eigenvalue weighted by molar-refractivity contribution is 5.78. The Hall–Kier alpha value is -0.570. The van der Waals surface area contributed by atoms with Gasteiger partial charge in [0.05, 0.1) is 0 Å². The second-order valence-electron chi connectivity index (χ2n) is 6.57. The summed E-state index contributed by atoms with van der Waals surface area (Å²) in [5.41, 5.74) is 5.56. The van der Waals surface area contributed by atoms with Crippen molar-refractivity contribution in [3.05, 3.63) is 0 Å². The van der Waals surface area contributed by atoms with E-state index in [9.17, 15) is 4.79 Å². The maximum Gasteiger partial charge on any atom is 0.223 e. The smallest absolute Gasteiger partial charge is 0.223 e. The predicted octanol–water partition coefficient (Wildman–Crippen LogP) is 2.84. The molecule has 18 heavy (non-hydrogen) atoms. The zero-order valence-electron chi connectivity index (χ0n) is 12.3. The zero-order chi connectivity index (χ0) is 13.6. The minimum atomic E-state index is -0.312. The average Bonchev–Trinajstić information content (AvgIpc) is 2.33. The molecule has 0 radical (unpaired) electrons. The number of nitrogens with one attached hydrogen (secondary N) is 1. The van der Waals surface area contributed by atoms with E-state index < -0.39 is 0 Å². The minimum absolute atomic E-state index is 0.211. The molecule has 1 fully saturated rings. The van der Waals surface area contributed by atoms with Crippen LogP contribution in [0, 0.1) is 11.8 Å². The van der Waals surface area contributed by atoms with Crippen LogP contribution in [-0.4, -0.2) is 18.0 Å². The third-order valence-corrected chi connectivity index (χ3v) is 3.90. The first-order valence-electron chi connectivity index (χ1n) is 7.49. The van der Waals surface area contributed by atoms with Crippen molar-refractivity contribution >= 4 is 5.91 Å². The van der Waals surface area contributed by atoms with Gasteiger partial charge < -0.3 is 11.1 Å². The number of unbranched alkanes of at least 4 members (excludes halogenated alkanes) is 1. The van der Waals surface area contributed by atoms with Crippen molar-refractivity contribution in [2.45, 2.75) is 71.3 Å². The summed E-state index contributed by atoms with van der Waals surface area (Å²) in [5.74, 6) is 1.30. The molecule has 3 nitrogen and oxygen atoms in total. The van der Waals surface area contributed by atoms with Crippen LogP contribution >= 0.6 is 0 Å². The van der Waals surface area contributed by atoms with Gasteiger partial charge in [0.15, 0.2) is 0 Å². The highest BCUT2D eigenvalue weighted by atomic mass is 16.1. The molecule has 3 heteroatoms. The highest BCUT2D eigenvalue weighted by Crippen LogP contribution is 2.31. The fourth-order valence-electron chi connectivity index (χ4n) is 2.67. The number of rotatable bonds is 6. The van der Waals surface area contributed by atoms with E-state index in [0.29, 0.717) is 6.54 Å². The van der Waals surface area contributed by atoms with E-state index in [1.165, 1.54) is 32.1 Å². The SMILES string of the molecule is CCCCC1CCC(C(=O)NCC(C)(C)N)CC1. The Balaban J connectivity index is 2.23. The largest absolute Gasteiger partial charge is 0.354 e. The van der Waals surface area contributed by atoms with Gasteiger partial charge in [-0.3, -0.25) is 4.79 Å². The van der Waals surface area contributed by atoms with Crippen LogP contribution < -0.4 is 11.1 Å². The number of nitrogens with two attached hydrogens (primary N) is 1. The Morgan fingerprint density at radius 2 is 1.89 bits per heavy atom. The van der Waals surface area contributed by atoms with Gasteiger partial charge in [-0.1, -0.05) is 26.2 Å². The van der Waals surface area contributed by atoms with Gasteiger partial charge in [-0.25, -0.2) is 0 Å². The molecule has 0 aromatic heterocycles. The van der Waals surface area contributed by atoms with Gasteiger partial charge in [-0.15, -0.1) is 0 Å². The van der Waals surface area contributed by atoms with Gasteiger partial charge in [0.25, 0.3) is 0 Å². The summed E-state index contributed by atoms with van der Waals surface area (Å²) in [6.45, 7) is 6.69. The molecule has 0 heterocycles. The van der Waals surface area contributed by atoms with Crippen LogP contribution in [0.3, 0.4) is 0 Å². The molecule has 0 aliphatic heterocycles. The van der Waals surface area contributed by atoms with Gasteiger partial charge in [-0.05, 0) is 45.4 Å². The van der Waals surface area contributed by atoms with Crippen LogP contribution in [-0.2, 0) is 4.79 Å². The summed E-state index contributed by atoms with van der Waals surface area (Å²) in [6, 6.07) is 0. The van der Waals surface area contributed by atoms with Gasteiger partial charge >= 0.3 is 0 Å². The summed E-state index contributed by atoms with van der Waals surface area (Å²) >= 11 is 0. The second kappa shape index (κ2) is 7.13. The molecular formula is C15H30N2O. The van der Waals surface area contributed by atoms with Crippen LogP contribution in [0.4, 0.5) is 0 Å². The van der Waals surface area contributed by atoms with Gasteiger partial charge in [-0.2, -0.15) is 0 Å². The fraction of sp³-hybridized carbons (Fsp3) is 0.933. The molecule has 0 aromatic rings. The van der Waals surface area contributed by atoms with Gasteiger partial charge in [0.2, 0.25) is 5.91 Å². The third kappa shape index (κ3) is 5.85. The molecule has 0 bridgehead atoms.